The first-order valence-corrected chi connectivity index (χ1v) is 6.75. The Labute approximate surface area is 119 Å². The first-order valence-electron chi connectivity index (χ1n) is 6.75. The van der Waals surface area contributed by atoms with E-state index in [1.807, 2.05) is 38.9 Å². The first kappa shape index (κ1) is 14.3. The van der Waals surface area contributed by atoms with E-state index in [9.17, 15) is 9.59 Å². The van der Waals surface area contributed by atoms with Crippen molar-refractivity contribution in [2.45, 2.75) is 20.3 Å². The monoisotopic (exact) mass is 272 g/mol. The molecule has 106 valence electrons. The largest absolute Gasteiger partial charge is 0.383 e. The summed E-state index contributed by atoms with van der Waals surface area (Å²) in [5.41, 5.74) is 2.84. The average Bonchev–Trinajstić information content (AvgIpc) is 2.64. The van der Waals surface area contributed by atoms with E-state index < -0.39 is 0 Å². The zero-order chi connectivity index (χ0) is 14.9. The van der Waals surface area contributed by atoms with Crippen LogP contribution >= 0.6 is 0 Å². The summed E-state index contributed by atoms with van der Waals surface area (Å²) in [6.45, 7) is 4.04. The Morgan fingerprint density at radius 3 is 2.65 bits per heavy atom. The second-order valence-corrected chi connectivity index (χ2v) is 5.74. The van der Waals surface area contributed by atoms with Crippen LogP contribution in [-0.4, -0.2) is 30.7 Å². The first-order chi connectivity index (χ1) is 9.38. The van der Waals surface area contributed by atoms with Gasteiger partial charge in [0.25, 0.3) is 5.91 Å². The molecule has 4 heteroatoms. The SMILES string of the molecule is CC(C)CC(=O)c1ccc2c(c1)/C(=C/N(C)C)C(=O)N2. The van der Waals surface area contributed by atoms with E-state index in [2.05, 4.69) is 5.32 Å². The van der Waals surface area contributed by atoms with Gasteiger partial charge in [-0.25, -0.2) is 0 Å². The predicted molar refractivity (Wildman–Crippen MR) is 80.5 cm³/mol. The van der Waals surface area contributed by atoms with Crippen molar-refractivity contribution in [1.82, 2.24) is 4.90 Å². The second-order valence-electron chi connectivity index (χ2n) is 5.74. The molecule has 1 aromatic rings. The van der Waals surface area contributed by atoms with Crippen LogP contribution in [0.25, 0.3) is 5.57 Å². The minimum absolute atomic E-state index is 0.117. The van der Waals surface area contributed by atoms with E-state index in [1.165, 1.54) is 0 Å². The molecule has 0 aromatic heterocycles. The summed E-state index contributed by atoms with van der Waals surface area (Å²) in [6.07, 6.45) is 2.30. The summed E-state index contributed by atoms with van der Waals surface area (Å²) in [5, 5.41) is 2.81. The van der Waals surface area contributed by atoms with Gasteiger partial charge in [0, 0.05) is 43.5 Å². The molecule has 0 saturated heterocycles. The summed E-state index contributed by atoms with van der Waals surface area (Å²) < 4.78 is 0. The molecule has 1 amide bonds. The Kier molecular flexibility index (Phi) is 3.93. The Hall–Kier alpha value is -2.10. The molecular formula is C16H20N2O2. The highest BCUT2D eigenvalue weighted by molar-refractivity contribution is 6.31. The molecule has 0 atom stereocenters. The topological polar surface area (TPSA) is 49.4 Å². The second kappa shape index (κ2) is 5.49. The highest BCUT2D eigenvalue weighted by Gasteiger charge is 2.25. The number of anilines is 1. The van der Waals surface area contributed by atoms with Gasteiger partial charge in [-0.1, -0.05) is 13.8 Å². The van der Waals surface area contributed by atoms with E-state index >= 15 is 0 Å². The number of carbonyl (C=O) groups excluding carboxylic acids is 2. The van der Waals surface area contributed by atoms with Gasteiger partial charge in [0.2, 0.25) is 0 Å². The molecule has 20 heavy (non-hydrogen) atoms. The minimum atomic E-state index is -0.123. The van der Waals surface area contributed by atoms with Gasteiger partial charge in [-0.15, -0.1) is 0 Å². The third-order valence-electron chi connectivity index (χ3n) is 3.11. The molecule has 1 aliphatic rings. The number of nitrogens with one attached hydrogen (secondary N) is 1. The molecule has 4 nitrogen and oxygen atoms in total. The molecule has 0 radical (unpaired) electrons. The summed E-state index contributed by atoms with van der Waals surface area (Å²) in [6, 6.07) is 5.40. The van der Waals surface area contributed by atoms with E-state index in [0.717, 1.165) is 11.3 Å². The lowest BCUT2D eigenvalue weighted by molar-refractivity contribution is -0.110. The van der Waals surface area contributed by atoms with Gasteiger partial charge in [-0.2, -0.15) is 0 Å². The number of carbonyl (C=O) groups is 2. The van der Waals surface area contributed by atoms with Crippen LogP contribution in [0.5, 0.6) is 0 Å². The van der Waals surface area contributed by atoms with Crippen molar-refractivity contribution >= 4 is 23.0 Å². The lowest BCUT2D eigenvalue weighted by Gasteiger charge is -2.08. The molecule has 0 unspecified atom stereocenters. The molecular weight excluding hydrogens is 252 g/mol. The number of ketones is 1. The van der Waals surface area contributed by atoms with E-state index in [-0.39, 0.29) is 11.7 Å². The van der Waals surface area contributed by atoms with E-state index in [4.69, 9.17) is 0 Å². The molecule has 0 spiro atoms. The van der Waals surface area contributed by atoms with Crippen LogP contribution in [-0.2, 0) is 4.79 Å². The molecule has 1 aliphatic heterocycles. The van der Waals surface area contributed by atoms with Gasteiger partial charge in [-0.05, 0) is 24.1 Å². The van der Waals surface area contributed by atoms with Crippen LogP contribution in [0.15, 0.2) is 24.4 Å². The molecule has 2 rings (SSSR count). The molecule has 0 fully saturated rings. The number of hydrogen-bond donors (Lipinski definition) is 1. The zero-order valence-electron chi connectivity index (χ0n) is 12.4. The maximum Gasteiger partial charge on any atom is 0.257 e. The lowest BCUT2D eigenvalue weighted by atomic mass is 9.97. The maximum absolute atomic E-state index is 12.1. The minimum Gasteiger partial charge on any atom is -0.383 e. The van der Waals surface area contributed by atoms with E-state index in [1.54, 1.807) is 18.3 Å². The van der Waals surface area contributed by atoms with Crippen molar-refractivity contribution in [3.8, 4) is 0 Å². The Morgan fingerprint density at radius 1 is 1.35 bits per heavy atom. The van der Waals surface area contributed by atoms with Crippen LogP contribution < -0.4 is 5.32 Å². The molecule has 1 N–H and O–H groups in total. The number of amides is 1. The molecule has 0 aliphatic carbocycles. The van der Waals surface area contributed by atoms with Crippen LogP contribution in [0.2, 0.25) is 0 Å². The number of Topliss-reactive ketones (excluding diaryl/α,β-unsaturated/α-hetero) is 1. The maximum atomic E-state index is 12.1. The summed E-state index contributed by atoms with van der Waals surface area (Å²) in [5.74, 6) is 0.320. The fraction of sp³-hybridized carbons (Fsp3) is 0.375. The van der Waals surface area contributed by atoms with E-state index in [0.29, 0.717) is 23.5 Å². The zero-order valence-corrected chi connectivity index (χ0v) is 12.4. The third-order valence-corrected chi connectivity index (χ3v) is 3.11. The fourth-order valence-electron chi connectivity index (χ4n) is 2.24. The van der Waals surface area contributed by atoms with Gasteiger partial charge in [0.1, 0.15) is 0 Å². The van der Waals surface area contributed by atoms with Crippen LogP contribution in [0, 0.1) is 5.92 Å². The van der Waals surface area contributed by atoms with Gasteiger partial charge >= 0.3 is 0 Å². The van der Waals surface area contributed by atoms with Crippen molar-refractivity contribution < 1.29 is 9.59 Å². The lowest BCUT2D eigenvalue weighted by Crippen LogP contribution is -2.08. The van der Waals surface area contributed by atoms with Gasteiger partial charge in [0.05, 0.1) is 5.57 Å². The highest BCUT2D eigenvalue weighted by atomic mass is 16.2. The third kappa shape index (κ3) is 2.90. The molecule has 0 bridgehead atoms. The van der Waals surface area contributed by atoms with Crippen molar-refractivity contribution in [1.29, 1.82) is 0 Å². The summed E-state index contributed by atoms with van der Waals surface area (Å²) in [7, 11) is 3.73. The Morgan fingerprint density at radius 2 is 2.05 bits per heavy atom. The molecule has 1 aromatic carbocycles. The number of fused-ring (bicyclic) bond motifs is 1. The van der Waals surface area contributed by atoms with Gasteiger partial charge in [0.15, 0.2) is 5.78 Å². The number of nitrogens with zero attached hydrogens (tertiary/aromatic N) is 1. The molecule has 1 heterocycles. The van der Waals surface area contributed by atoms with Gasteiger partial charge < -0.3 is 10.2 Å². The van der Waals surface area contributed by atoms with Crippen LogP contribution in [0.3, 0.4) is 0 Å². The van der Waals surface area contributed by atoms with Crippen molar-refractivity contribution in [2.24, 2.45) is 5.92 Å². The smallest absolute Gasteiger partial charge is 0.257 e. The van der Waals surface area contributed by atoms with Crippen LogP contribution in [0.1, 0.15) is 36.2 Å². The normalized spacial score (nSPS) is 15.4. The summed E-state index contributed by atoms with van der Waals surface area (Å²) >= 11 is 0. The van der Waals surface area contributed by atoms with Crippen molar-refractivity contribution in [3.63, 3.8) is 0 Å². The number of hydrogen-bond acceptors (Lipinski definition) is 3. The average molecular weight is 272 g/mol. The van der Waals surface area contributed by atoms with Gasteiger partial charge in [-0.3, -0.25) is 9.59 Å². The summed E-state index contributed by atoms with van der Waals surface area (Å²) in [4.78, 5) is 25.9. The van der Waals surface area contributed by atoms with Crippen molar-refractivity contribution in [2.75, 3.05) is 19.4 Å². The Bertz CT molecular complexity index is 586. The van der Waals surface area contributed by atoms with Crippen LogP contribution in [0.4, 0.5) is 5.69 Å². The number of rotatable bonds is 4. The quantitative estimate of drug-likeness (QED) is 0.677. The molecule has 0 saturated carbocycles. The fourth-order valence-corrected chi connectivity index (χ4v) is 2.24. The predicted octanol–water partition coefficient (Wildman–Crippen LogP) is 2.77. The Balaban J connectivity index is 2.39. The number of benzene rings is 1. The van der Waals surface area contributed by atoms with Crippen molar-refractivity contribution in [3.05, 3.63) is 35.5 Å². The highest BCUT2D eigenvalue weighted by Crippen LogP contribution is 2.33. The standard InChI is InChI=1S/C16H20N2O2/c1-10(2)7-15(19)11-5-6-14-12(8-11)13(9-18(3)4)16(20)17-14/h5-6,8-10H,7H2,1-4H3,(H,17,20)/b13-9-.